The maximum atomic E-state index is 8.92. The summed E-state index contributed by atoms with van der Waals surface area (Å²) in [6.07, 6.45) is 2.55. The van der Waals surface area contributed by atoms with E-state index >= 15 is 0 Å². The van der Waals surface area contributed by atoms with Crippen molar-refractivity contribution in [3.63, 3.8) is 0 Å². The van der Waals surface area contributed by atoms with Crippen LogP contribution in [0.2, 0.25) is 0 Å². The predicted molar refractivity (Wildman–Crippen MR) is 50.6 cm³/mol. The van der Waals surface area contributed by atoms with Crippen LogP contribution >= 0.6 is 0 Å². The Morgan fingerprint density at radius 3 is 2.44 bits per heavy atom. The number of nitrogens with zero attached hydrogens (tertiary/aromatic N) is 1. The Balaban J connectivity index is 0.00000112. The minimum absolute atomic E-state index is 0. The fourth-order valence-electron chi connectivity index (χ4n) is 1.30. The maximum Gasteiger partial charge on any atom is 1.00 e. The first kappa shape index (κ1) is 15.6. The zero-order valence-electron chi connectivity index (χ0n) is 8.91. The Morgan fingerprint density at radius 1 is 1.25 bits per heavy atom. The van der Waals surface area contributed by atoms with Gasteiger partial charge in [-0.05, 0) is 0 Å². The van der Waals surface area contributed by atoms with Gasteiger partial charge in [0.25, 0.3) is 0 Å². The van der Waals surface area contributed by atoms with Crippen LogP contribution < -0.4 is 24.3 Å². The van der Waals surface area contributed by atoms with E-state index in [1.54, 1.807) is 12.3 Å². The van der Waals surface area contributed by atoms with Gasteiger partial charge in [-0.15, -0.1) is 0 Å². The zero-order chi connectivity index (χ0) is 9.97. The van der Waals surface area contributed by atoms with Crippen LogP contribution in [0.4, 0.5) is 0 Å². The van der Waals surface area contributed by atoms with Gasteiger partial charge < -0.3 is 25.0 Å². The van der Waals surface area contributed by atoms with Crippen LogP contribution in [-0.4, -0.2) is 40.8 Å². The Hall–Kier alpha value is -0.388. The summed E-state index contributed by atoms with van der Waals surface area (Å²) in [6, 6.07) is 1.60. The molecule has 1 aliphatic rings. The van der Waals surface area contributed by atoms with Gasteiger partial charge in [-0.2, -0.15) is 0 Å². The van der Waals surface area contributed by atoms with E-state index in [9.17, 15) is 0 Å². The van der Waals surface area contributed by atoms with Crippen LogP contribution in [-0.2, 0) is 9.47 Å². The third-order valence-electron chi connectivity index (χ3n) is 1.97. The van der Waals surface area contributed by atoms with E-state index in [0.717, 1.165) is 0 Å². The molecule has 82 valence electrons. The van der Waals surface area contributed by atoms with Crippen molar-refractivity contribution in [3.05, 3.63) is 24.0 Å². The molecule has 1 aliphatic heterocycles. The number of hydrogen-bond acceptors (Lipinski definition) is 6. The Labute approximate surface area is 105 Å². The first-order valence-electron chi connectivity index (χ1n) is 4.31. The van der Waals surface area contributed by atoms with Crippen molar-refractivity contribution in [2.24, 2.45) is 0 Å². The van der Waals surface area contributed by atoms with E-state index in [0.29, 0.717) is 24.2 Å². The Bertz CT molecular complexity index is 321. The van der Waals surface area contributed by atoms with Crippen LogP contribution in [0.15, 0.2) is 18.5 Å². The van der Waals surface area contributed by atoms with Crippen LogP contribution in [0.5, 0.6) is 0 Å². The molecule has 6 nitrogen and oxygen atoms in total. The van der Waals surface area contributed by atoms with E-state index in [-0.39, 0.29) is 24.3 Å². The molecular weight excluding hydrogens is 208 g/mol. The fourth-order valence-corrected chi connectivity index (χ4v) is 1.30. The number of ether oxygens (including phenoxy) is 2. The molecule has 0 saturated carbocycles. The molecule has 1 aromatic rings. The molecule has 0 bridgehead atoms. The van der Waals surface area contributed by atoms with Crippen molar-refractivity contribution >= 4 is 12.6 Å². The molecule has 0 unspecified atom stereocenters. The predicted octanol–water partition coefficient (Wildman–Crippen LogP) is -4.37. The Kier molecular flexibility index (Phi) is 6.87. The number of pyridine rings is 1. The number of hydrogen-bond donors (Lipinski definition) is 2. The normalized spacial score (nSPS) is 15.1. The average Bonchev–Trinajstić information content (AvgIpc) is 2.71. The maximum absolute atomic E-state index is 8.92. The van der Waals surface area contributed by atoms with E-state index in [4.69, 9.17) is 19.5 Å². The summed E-state index contributed by atoms with van der Waals surface area (Å²) in [7, 11) is -1.51. The first-order chi connectivity index (χ1) is 6.77. The topological polar surface area (TPSA) is 102 Å². The molecule has 0 atom stereocenters. The molecule has 1 fully saturated rings. The van der Waals surface area contributed by atoms with E-state index in [2.05, 4.69) is 4.98 Å². The van der Waals surface area contributed by atoms with Crippen molar-refractivity contribution < 1.29 is 43.9 Å². The SMILES string of the molecule is OB(O)c1cncc(C2OCCO2)c1.[Li+].[OH-]. The number of rotatable bonds is 2. The number of aromatic nitrogens is 1. The van der Waals surface area contributed by atoms with Crippen molar-refractivity contribution in [2.45, 2.75) is 6.29 Å². The molecule has 0 aliphatic carbocycles. The monoisotopic (exact) mass is 219 g/mol. The molecular formula is C8H11BLiNO5. The summed E-state index contributed by atoms with van der Waals surface area (Å²) in [5, 5.41) is 17.8. The fraction of sp³-hybridized carbons (Fsp3) is 0.375. The summed E-state index contributed by atoms with van der Waals surface area (Å²) in [6.45, 7) is 1.10. The molecule has 0 aromatic carbocycles. The van der Waals surface area contributed by atoms with Crippen molar-refractivity contribution in [3.8, 4) is 0 Å². The smallest absolute Gasteiger partial charge is 0.870 e. The summed E-state index contributed by atoms with van der Waals surface area (Å²) in [5.74, 6) is 0. The Morgan fingerprint density at radius 2 is 1.88 bits per heavy atom. The molecule has 1 aromatic heterocycles. The second-order valence-electron chi connectivity index (χ2n) is 3.00. The molecule has 1 saturated heterocycles. The van der Waals surface area contributed by atoms with Gasteiger partial charge in [-0.1, -0.05) is 6.07 Å². The first-order valence-corrected chi connectivity index (χ1v) is 4.31. The van der Waals surface area contributed by atoms with Crippen LogP contribution in [0, 0.1) is 0 Å². The van der Waals surface area contributed by atoms with Crippen molar-refractivity contribution in [1.29, 1.82) is 0 Å². The summed E-state index contributed by atoms with van der Waals surface area (Å²) < 4.78 is 10.5. The minimum atomic E-state index is -1.51. The zero-order valence-corrected chi connectivity index (χ0v) is 8.91. The van der Waals surface area contributed by atoms with Crippen LogP contribution in [0.25, 0.3) is 0 Å². The van der Waals surface area contributed by atoms with Crippen molar-refractivity contribution in [1.82, 2.24) is 4.98 Å². The molecule has 0 amide bonds. The van der Waals surface area contributed by atoms with Gasteiger partial charge in [-0.25, -0.2) is 0 Å². The molecule has 3 N–H and O–H groups in total. The van der Waals surface area contributed by atoms with Gasteiger partial charge in [0, 0.05) is 23.4 Å². The molecule has 8 heteroatoms. The van der Waals surface area contributed by atoms with Crippen molar-refractivity contribution in [2.75, 3.05) is 13.2 Å². The quantitative estimate of drug-likeness (QED) is 0.487. The molecule has 0 spiro atoms. The molecule has 0 radical (unpaired) electrons. The van der Waals surface area contributed by atoms with Gasteiger partial charge in [0.2, 0.25) is 0 Å². The summed E-state index contributed by atoms with van der Waals surface area (Å²) in [4.78, 5) is 3.87. The minimum Gasteiger partial charge on any atom is -0.870 e. The summed E-state index contributed by atoms with van der Waals surface area (Å²) in [5.41, 5.74) is 1.04. The largest absolute Gasteiger partial charge is 1.00 e. The standard InChI is InChI=1S/C8H10BNO4.Li.H2O/c11-9(12)7-3-6(4-10-5-7)8-13-1-2-14-8;;/h3-5,8,11-12H,1-2H2;;1H2/q;+1;/p-1. The third-order valence-corrected chi connectivity index (χ3v) is 1.97. The summed E-state index contributed by atoms with van der Waals surface area (Å²) >= 11 is 0. The van der Waals surface area contributed by atoms with Gasteiger partial charge in [0.05, 0.1) is 13.2 Å². The van der Waals surface area contributed by atoms with Gasteiger partial charge in [-0.3, -0.25) is 4.98 Å². The van der Waals surface area contributed by atoms with Crippen LogP contribution in [0.1, 0.15) is 11.9 Å². The molecule has 2 heterocycles. The molecule has 2 rings (SSSR count). The molecule has 16 heavy (non-hydrogen) atoms. The average molecular weight is 219 g/mol. The third kappa shape index (κ3) is 3.57. The second kappa shape index (κ2) is 7.04. The van der Waals surface area contributed by atoms with E-state index < -0.39 is 13.4 Å². The van der Waals surface area contributed by atoms with Gasteiger partial charge in [0.15, 0.2) is 6.29 Å². The van der Waals surface area contributed by atoms with E-state index in [1.165, 1.54) is 6.20 Å². The second-order valence-corrected chi connectivity index (χ2v) is 3.00. The van der Waals surface area contributed by atoms with E-state index in [1.807, 2.05) is 0 Å². The van der Waals surface area contributed by atoms with Gasteiger partial charge >= 0.3 is 26.0 Å². The van der Waals surface area contributed by atoms with Gasteiger partial charge in [0.1, 0.15) is 0 Å². The van der Waals surface area contributed by atoms with Crippen LogP contribution in [0.3, 0.4) is 0 Å².